The Morgan fingerprint density at radius 1 is 1.00 bits per heavy atom. The van der Waals surface area contributed by atoms with Crippen LogP contribution in [0.5, 0.6) is 0 Å². The van der Waals surface area contributed by atoms with Gasteiger partial charge in [0.25, 0.3) is 0 Å². The normalized spacial score (nSPS) is 12.9. The number of benzene rings is 2. The quantitative estimate of drug-likeness (QED) is 0.840. The maximum Gasteiger partial charge on any atom is 0.188 e. The van der Waals surface area contributed by atoms with Crippen molar-refractivity contribution in [3.63, 3.8) is 0 Å². The zero-order valence-corrected chi connectivity index (χ0v) is 13.9. The fraction of sp³-hybridized carbons (Fsp3) is 0.412. The van der Waals surface area contributed by atoms with Gasteiger partial charge in [0.1, 0.15) is 0 Å². The van der Waals surface area contributed by atoms with Crippen molar-refractivity contribution in [3.05, 3.63) is 47.5 Å². The van der Waals surface area contributed by atoms with Gasteiger partial charge in [0, 0.05) is 6.54 Å². The number of nitrogens with two attached hydrogens (primary N) is 1. The highest BCUT2D eigenvalue weighted by Gasteiger charge is 2.38. The Kier molecular flexibility index (Phi) is 4.05. The van der Waals surface area contributed by atoms with E-state index in [1.807, 2.05) is 13.1 Å². The van der Waals surface area contributed by atoms with Gasteiger partial charge in [0.15, 0.2) is 8.32 Å². The van der Waals surface area contributed by atoms with E-state index in [4.69, 9.17) is 5.73 Å². The highest BCUT2D eigenvalue weighted by Crippen LogP contribution is 2.40. The van der Waals surface area contributed by atoms with Crippen molar-refractivity contribution < 1.29 is 4.80 Å². The molecule has 2 rings (SSSR count). The molecule has 0 spiro atoms. The first kappa shape index (κ1) is 15.2. The first-order valence-electron chi connectivity index (χ1n) is 7.18. The summed E-state index contributed by atoms with van der Waals surface area (Å²) in [5.41, 5.74) is 8.32. The highest BCUT2D eigenvalue weighted by atomic mass is 28.4. The fourth-order valence-corrected chi connectivity index (χ4v) is 3.07. The lowest BCUT2D eigenvalue weighted by molar-refractivity contribution is 0.468. The van der Waals surface area contributed by atoms with Gasteiger partial charge in [-0.15, -0.1) is 0 Å². The van der Waals surface area contributed by atoms with Crippen LogP contribution in [-0.2, 0) is 13.0 Å². The first-order chi connectivity index (χ1) is 9.26. The SMILES string of the molecule is CC(C)(Cc1ccc(CN)c2ccccc12)[Si](C)(C)O. The minimum atomic E-state index is -2.20. The van der Waals surface area contributed by atoms with Crippen molar-refractivity contribution in [2.45, 2.75) is 44.9 Å². The maximum absolute atomic E-state index is 10.5. The minimum absolute atomic E-state index is 0.0556. The Labute approximate surface area is 122 Å². The third-order valence-electron chi connectivity index (χ3n) is 4.61. The van der Waals surface area contributed by atoms with Gasteiger partial charge in [-0.3, -0.25) is 0 Å². The molecule has 0 bridgehead atoms. The molecule has 2 nitrogen and oxygen atoms in total. The van der Waals surface area contributed by atoms with Gasteiger partial charge in [-0.2, -0.15) is 0 Å². The number of rotatable bonds is 4. The molecule has 2 aromatic rings. The summed E-state index contributed by atoms with van der Waals surface area (Å²) in [4.78, 5) is 10.5. The second kappa shape index (κ2) is 5.32. The Morgan fingerprint density at radius 2 is 1.50 bits per heavy atom. The third kappa shape index (κ3) is 2.80. The molecule has 0 saturated carbocycles. The smallest absolute Gasteiger partial charge is 0.188 e. The molecule has 0 aliphatic rings. The number of hydrogen-bond donors (Lipinski definition) is 2. The molecule has 0 saturated heterocycles. The molecule has 0 radical (unpaired) electrons. The van der Waals surface area contributed by atoms with E-state index in [1.54, 1.807) is 0 Å². The largest absolute Gasteiger partial charge is 0.432 e. The van der Waals surface area contributed by atoms with Crippen LogP contribution in [0.1, 0.15) is 25.0 Å². The summed E-state index contributed by atoms with van der Waals surface area (Å²) in [5.74, 6) is 0. The van der Waals surface area contributed by atoms with Crippen LogP contribution < -0.4 is 5.73 Å². The van der Waals surface area contributed by atoms with Gasteiger partial charge in [-0.25, -0.2) is 0 Å². The van der Waals surface area contributed by atoms with E-state index in [9.17, 15) is 4.80 Å². The van der Waals surface area contributed by atoms with Crippen LogP contribution in [0.15, 0.2) is 36.4 Å². The molecule has 0 fully saturated rings. The van der Waals surface area contributed by atoms with Crippen LogP contribution in [-0.4, -0.2) is 13.1 Å². The molecule has 0 heterocycles. The molecule has 0 amide bonds. The van der Waals surface area contributed by atoms with Gasteiger partial charge in [0.05, 0.1) is 0 Å². The summed E-state index contributed by atoms with van der Waals surface area (Å²) < 4.78 is 0. The van der Waals surface area contributed by atoms with E-state index in [-0.39, 0.29) is 5.04 Å². The van der Waals surface area contributed by atoms with E-state index in [0.29, 0.717) is 6.54 Å². The van der Waals surface area contributed by atoms with Gasteiger partial charge < -0.3 is 10.5 Å². The minimum Gasteiger partial charge on any atom is -0.432 e. The molecule has 0 aromatic heterocycles. The van der Waals surface area contributed by atoms with Crippen molar-refractivity contribution in [2.24, 2.45) is 5.73 Å². The Balaban J connectivity index is 2.52. The fourth-order valence-electron chi connectivity index (χ4n) is 2.45. The van der Waals surface area contributed by atoms with Crippen molar-refractivity contribution in [2.75, 3.05) is 0 Å². The van der Waals surface area contributed by atoms with Gasteiger partial charge in [0.2, 0.25) is 0 Å². The van der Waals surface area contributed by atoms with E-state index < -0.39 is 8.32 Å². The lowest BCUT2D eigenvalue weighted by Gasteiger charge is -2.35. The standard InChI is InChI=1S/C17H25NOSi/c1-17(2,20(3,4)19)11-13-9-10-14(12-18)16-8-6-5-7-15(13)16/h5-10,19H,11-12,18H2,1-4H3. The average molecular weight is 287 g/mol. The van der Waals surface area contributed by atoms with Gasteiger partial charge >= 0.3 is 0 Å². The number of hydrogen-bond acceptors (Lipinski definition) is 2. The summed E-state index contributed by atoms with van der Waals surface area (Å²) in [6.07, 6.45) is 0.897. The zero-order chi connectivity index (χ0) is 15.0. The molecular formula is C17H25NOSi. The van der Waals surface area contributed by atoms with E-state index >= 15 is 0 Å². The molecule has 3 heteroatoms. The summed E-state index contributed by atoms with van der Waals surface area (Å²) >= 11 is 0. The molecule has 108 valence electrons. The van der Waals surface area contributed by atoms with Crippen LogP contribution in [0.25, 0.3) is 10.8 Å². The van der Waals surface area contributed by atoms with Crippen LogP contribution in [0, 0.1) is 0 Å². The molecule has 3 N–H and O–H groups in total. The first-order valence-corrected chi connectivity index (χ1v) is 10.1. The van der Waals surface area contributed by atoms with E-state index in [2.05, 4.69) is 50.2 Å². The Hall–Kier alpha value is -1.16. The second-order valence-corrected chi connectivity index (χ2v) is 11.2. The van der Waals surface area contributed by atoms with Crippen molar-refractivity contribution in [1.82, 2.24) is 0 Å². The Bertz CT molecular complexity index is 614. The maximum atomic E-state index is 10.5. The molecule has 20 heavy (non-hydrogen) atoms. The monoisotopic (exact) mass is 287 g/mol. The molecule has 0 aliphatic heterocycles. The highest BCUT2D eigenvalue weighted by molar-refractivity contribution is 6.72. The van der Waals surface area contributed by atoms with Crippen molar-refractivity contribution >= 4 is 19.1 Å². The average Bonchev–Trinajstić information content (AvgIpc) is 2.37. The lowest BCUT2D eigenvalue weighted by atomic mass is 9.93. The number of fused-ring (bicyclic) bond motifs is 1. The zero-order valence-electron chi connectivity index (χ0n) is 12.9. The molecule has 0 aliphatic carbocycles. The molecule has 0 atom stereocenters. The van der Waals surface area contributed by atoms with Crippen LogP contribution in [0.3, 0.4) is 0 Å². The summed E-state index contributed by atoms with van der Waals surface area (Å²) in [7, 11) is -2.20. The third-order valence-corrected chi connectivity index (χ3v) is 8.10. The topological polar surface area (TPSA) is 46.2 Å². The van der Waals surface area contributed by atoms with Crippen LogP contribution in [0.2, 0.25) is 18.1 Å². The van der Waals surface area contributed by atoms with Crippen molar-refractivity contribution in [3.8, 4) is 0 Å². The van der Waals surface area contributed by atoms with Gasteiger partial charge in [-0.1, -0.05) is 50.2 Å². The predicted octanol–water partition coefficient (Wildman–Crippen LogP) is 3.82. The summed E-state index contributed by atoms with van der Waals surface area (Å²) in [6, 6.07) is 12.7. The summed E-state index contributed by atoms with van der Waals surface area (Å²) in [6.45, 7) is 8.94. The molecule has 0 unspecified atom stereocenters. The molecule has 2 aromatic carbocycles. The lowest BCUT2D eigenvalue weighted by Crippen LogP contribution is -2.40. The van der Waals surface area contributed by atoms with Gasteiger partial charge in [-0.05, 0) is 46.5 Å². The summed E-state index contributed by atoms with van der Waals surface area (Å²) in [5, 5.41) is 2.45. The van der Waals surface area contributed by atoms with E-state index in [1.165, 1.54) is 21.9 Å². The molecular weight excluding hydrogens is 262 g/mol. The van der Waals surface area contributed by atoms with E-state index in [0.717, 1.165) is 6.42 Å². The Morgan fingerprint density at radius 3 is 2.00 bits per heavy atom. The van der Waals surface area contributed by atoms with Crippen LogP contribution in [0.4, 0.5) is 0 Å². The second-order valence-electron chi connectivity index (χ2n) is 6.75. The van der Waals surface area contributed by atoms with Crippen LogP contribution >= 0.6 is 0 Å². The predicted molar refractivity (Wildman–Crippen MR) is 89.3 cm³/mol. The van der Waals surface area contributed by atoms with Crippen molar-refractivity contribution in [1.29, 1.82) is 0 Å².